The van der Waals surface area contributed by atoms with Crippen LogP contribution in [0.5, 0.6) is 0 Å². The third-order valence-electron chi connectivity index (χ3n) is 4.72. The molecule has 0 aromatic heterocycles. The molecule has 28 heavy (non-hydrogen) atoms. The Hall–Kier alpha value is -2.54. The average Bonchev–Trinajstić information content (AvgIpc) is 2.62. The van der Waals surface area contributed by atoms with E-state index < -0.39 is 23.7 Å². The van der Waals surface area contributed by atoms with E-state index in [1.54, 1.807) is 6.92 Å². The molecule has 0 aliphatic carbocycles. The van der Waals surface area contributed by atoms with Gasteiger partial charge >= 0.3 is 0 Å². The molecule has 148 valence electrons. The number of alkyl halides is 2. The zero-order chi connectivity index (χ0) is 20.6. The average molecular weight is 411 g/mol. The van der Waals surface area contributed by atoms with Crippen molar-refractivity contribution >= 4 is 29.1 Å². The number of halogens is 4. The van der Waals surface area contributed by atoms with Gasteiger partial charge in [-0.15, -0.1) is 0 Å². The Morgan fingerprint density at radius 2 is 1.79 bits per heavy atom. The number of carbonyl (C=O) groups excluding carboxylic acids is 2. The van der Waals surface area contributed by atoms with Crippen molar-refractivity contribution in [3.63, 3.8) is 0 Å². The minimum absolute atomic E-state index is 0.0104. The molecule has 0 saturated carbocycles. The normalized spacial score (nSPS) is 18.0. The molecular weight excluding hydrogens is 393 g/mol. The fraction of sp³-hybridized carbons (Fsp3) is 0.300. The number of rotatable bonds is 4. The summed E-state index contributed by atoms with van der Waals surface area (Å²) < 4.78 is 40.8. The van der Waals surface area contributed by atoms with Crippen molar-refractivity contribution in [3.8, 4) is 0 Å². The summed E-state index contributed by atoms with van der Waals surface area (Å²) >= 11 is 5.74. The quantitative estimate of drug-likeness (QED) is 0.751. The third-order valence-corrected chi connectivity index (χ3v) is 4.95. The summed E-state index contributed by atoms with van der Waals surface area (Å²) in [5.74, 6) is -4.44. The zero-order valence-electron chi connectivity index (χ0n) is 15.3. The molecule has 2 amide bonds. The van der Waals surface area contributed by atoms with Crippen molar-refractivity contribution in [2.24, 2.45) is 0 Å². The first-order chi connectivity index (χ1) is 13.1. The number of nitrogens with zero attached hydrogens (tertiary/aromatic N) is 2. The lowest BCUT2D eigenvalue weighted by atomic mass is 10.1. The van der Waals surface area contributed by atoms with Crippen molar-refractivity contribution in [1.82, 2.24) is 4.90 Å². The molecule has 8 heteroatoms. The topological polar surface area (TPSA) is 40.6 Å². The second-order valence-corrected chi connectivity index (χ2v) is 7.24. The molecule has 1 aliphatic heterocycles. The summed E-state index contributed by atoms with van der Waals surface area (Å²) in [6.45, 7) is 2.14. The number of amides is 2. The van der Waals surface area contributed by atoms with Gasteiger partial charge in [0.15, 0.2) is 0 Å². The fourth-order valence-corrected chi connectivity index (χ4v) is 3.27. The second kappa shape index (κ2) is 7.47. The van der Waals surface area contributed by atoms with E-state index in [0.717, 1.165) is 17.9 Å². The van der Waals surface area contributed by atoms with Gasteiger partial charge in [0.25, 0.3) is 5.92 Å². The van der Waals surface area contributed by atoms with Gasteiger partial charge in [-0.05, 0) is 30.7 Å². The zero-order valence-corrected chi connectivity index (χ0v) is 16.0. The molecule has 4 nitrogen and oxygen atoms in total. The van der Waals surface area contributed by atoms with Gasteiger partial charge in [0.1, 0.15) is 18.4 Å². The predicted octanol–water partition coefficient (Wildman–Crippen LogP) is 4.35. The van der Waals surface area contributed by atoms with Gasteiger partial charge in [-0.25, -0.2) is 13.2 Å². The van der Waals surface area contributed by atoms with Crippen molar-refractivity contribution in [3.05, 3.63) is 64.4 Å². The van der Waals surface area contributed by atoms with Gasteiger partial charge in [-0.3, -0.25) is 14.5 Å². The van der Waals surface area contributed by atoms with Crippen LogP contribution in [0.3, 0.4) is 0 Å². The lowest BCUT2D eigenvalue weighted by Crippen LogP contribution is -2.58. The number of anilines is 1. The Morgan fingerprint density at radius 1 is 1.14 bits per heavy atom. The van der Waals surface area contributed by atoms with Gasteiger partial charge in [-0.2, -0.15) is 0 Å². The predicted molar refractivity (Wildman–Crippen MR) is 99.8 cm³/mol. The maximum atomic E-state index is 14.2. The number of hydrogen-bond donors (Lipinski definition) is 0. The highest BCUT2D eigenvalue weighted by Crippen LogP contribution is 2.29. The highest BCUT2D eigenvalue weighted by atomic mass is 35.5. The summed E-state index contributed by atoms with van der Waals surface area (Å²) in [5.41, 5.74) is 0.477. The van der Waals surface area contributed by atoms with E-state index in [1.807, 2.05) is 0 Å². The Balaban J connectivity index is 1.79. The standard InChI is InChI=1S/C20H18ClF3N2O2/c1-12-19(28)26(17-8-7-15(21)9-16(17)22)11-18(27)25(12)10-13-3-5-14(6-4-13)20(2,23)24/h3-9,12H,10-11H2,1-2H3. The molecular formula is C20H18ClF3N2O2. The summed E-state index contributed by atoms with van der Waals surface area (Å²) in [6.07, 6.45) is 0. The number of piperazine rings is 1. The van der Waals surface area contributed by atoms with Crippen LogP contribution in [0.2, 0.25) is 5.02 Å². The first-order valence-corrected chi connectivity index (χ1v) is 8.99. The summed E-state index contributed by atoms with van der Waals surface area (Å²) in [5, 5.41) is 0.188. The number of carbonyl (C=O) groups is 2. The number of benzene rings is 2. The molecule has 1 saturated heterocycles. The maximum Gasteiger partial charge on any atom is 0.270 e. The lowest BCUT2D eigenvalue weighted by Gasteiger charge is -2.38. The van der Waals surface area contributed by atoms with Crippen LogP contribution in [-0.4, -0.2) is 29.3 Å². The van der Waals surface area contributed by atoms with Gasteiger partial charge in [0.2, 0.25) is 11.8 Å². The van der Waals surface area contributed by atoms with Crippen molar-refractivity contribution in [2.75, 3.05) is 11.4 Å². The first-order valence-electron chi connectivity index (χ1n) is 8.61. The van der Waals surface area contributed by atoms with Crippen LogP contribution in [0.25, 0.3) is 0 Å². The van der Waals surface area contributed by atoms with Gasteiger partial charge in [0.05, 0.1) is 5.69 Å². The van der Waals surface area contributed by atoms with E-state index in [0.29, 0.717) is 5.56 Å². The molecule has 2 aromatic rings. The largest absolute Gasteiger partial charge is 0.325 e. The van der Waals surface area contributed by atoms with Crippen LogP contribution < -0.4 is 4.90 Å². The van der Waals surface area contributed by atoms with E-state index >= 15 is 0 Å². The molecule has 1 atom stereocenters. The molecule has 1 aliphatic rings. The van der Waals surface area contributed by atoms with Crippen LogP contribution in [0.4, 0.5) is 18.9 Å². The molecule has 0 bridgehead atoms. The molecule has 3 rings (SSSR count). The molecule has 1 fully saturated rings. The van der Waals surface area contributed by atoms with E-state index in [4.69, 9.17) is 11.6 Å². The van der Waals surface area contributed by atoms with E-state index in [2.05, 4.69) is 0 Å². The minimum Gasteiger partial charge on any atom is -0.325 e. The van der Waals surface area contributed by atoms with Crippen LogP contribution in [0.15, 0.2) is 42.5 Å². The molecule has 1 unspecified atom stereocenters. The Kier molecular flexibility index (Phi) is 5.39. The Morgan fingerprint density at radius 3 is 2.36 bits per heavy atom. The second-order valence-electron chi connectivity index (χ2n) is 6.80. The van der Waals surface area contributed by atoms with E-state index in [1.165, 1.54) is 41.3 Å². The highest BCUT2D eigenvalue weighted by Gasteiger charge is 2.38. The molecule has 1 heterocycles. The van der Waals surface area contributed by atoms with Gasteiger partial charge < -0.3 is 4.90 Å². The summed E-state index contributed by atoms with van der Waals surface area (Å²) in [6, 6.07) is 8.65. The maximum absolute atomic E-state index is 14.2. The molecule has 2 aromatic carbocycles. The SMILES string of the molecule is CC1C(=O)N(c2ccc(Cl)cc2F)CC(=O)N1Cc1ccc(C(C)(F)F)cc1. The molecule has 0 N–H and O–H groups in total. The number of hydrogen-bond acceptors (Lipinski definition) is 2. The summed E-state index contributed by atoms with van der Waals surface area (Å²) in [7, 11) is 0. The Bertz CT molecular complexity index is 913. The van der Waals surface area contributed by atoms with Crippen LogP contribution in [0.1, 0.15) is 25.0 Å². The monoisotopic (exact) mass is 410 g/mol. The highest BCUT2D eigenvalue weighted by molar-refractivity contribution is 6.30. The smallest absolute Gasteiger partial charge is 0.270 e. The van der Waals surface area contributed by atoms with Crippen molar-refractivity contribution in [2.45, 2.75) is 32.4 Å². The molecule has 0 radical (unpaired) electrons. The summed E-state index contributed by atoms with van der Waals surface area (Å²) in [4.78, 5) is 27.8. The van der Waals surface area contributed by atoms with E-state index in [9.17, 15) is 22.8 Å². The fourth-order valence-electron chi connectivity index (χ4n) is 3.11. The minimum atomic E-state index is -2.95. The third kappa shape index (κ3) is 3.99. The van der Waals surface area contributed by atoms with Crippen molar-refractivity contribution in [1.29, 1.82) is 0 Å². The lowest BCUT2D eigenvalue weighted by molar-refractivity contribution is -0.143. The first kappa shape index (κ1) is 20.2. The molecule has 0 spiro atoms. The Labute approximate surface area is 165 Å². The van der Waals surface area contributed by atoms with Crippen molar-refractivity contribution < 1.29 is 22.8 Å². The van der Waals surface area contributed by atoms with E-state index in [-0.39, 0.29) is 35.3 Å². The van der Waals surface area contributed by atoms with Crippen LogP contribution in [-0.2, 0) is 22.1 Å². The van der Waals surface area contributed by atoms with Gasteiger partial charge in [-0.1, -0.05) is 35.9 Å². The van der Waals surface area contributed by atoms with Crippen LogP contribution >= 0.6 is 11.6 Å². The van der Waals surface area contributed by atoms with Crippen LogP contribution in [0, 0.1) is 5.82 Å². The van der Waals surface area contributed by atoms with Gasteiger partial charge in [0, 0.05) is 24.1 Å².